The number of pyridine rings is 1. The van der Waals surface area contributed by atoms with Crippen molar-refractivity contribution in [2.45, 2.75) is 13.0 Å². The van der Waals surface area contributed by atoms with Crippen LogP contribution in [0.15, 0.2) is 70.3 Å². The topological polar surface area (TPSA) is 155 Å². The van der Waals surface area contributed by atoms with Crippen LogP contribution in [0, 0.1) is 11.3 Å². The van der Waals surface area contributed by atoms with Crippen molar-refractivity contribution in [3.8, 4) is 17.5 Å². The van der Waals surface area contributed by atoms with Crippen LogP contribution in [0.2, 0.25) is 0 Å². The first-order valence-electron chi connectivity index (χ1n) is 13.4. The fourth-order valence-corrected chi connectivity index (χ4v) is 5.11. The molecule has 4 heterocycles. The molecule has 13 heteroatoms. The Balaban J connectivity index is 1.17. The van der Waals surface area contributed by atoms with E-state index in [4.69, 9.17) is 4.42 Å². The molecule has 13 nitrogen and oxygen atoms in total. The Hall–Kier alpha value is -5.32. The maximum absolute atomic E-state index is 13.5. The number of hydrazine groups is 2. The minimum Gasteiger partial charge on any atom is -0.436 e. The molecule has 212 valence electrons. The second kappa shape index (κ2) is 11.3. The summed E-state index contributed by atoms with van der Waals surface area (Å²) in [6, 6.07) is 18.1. The van der Waals surface area contributed by atoms with E-state index in [0.717, 1.165) is 11.4 Å². The van der Waals surface area contributed by atoms with E-state index in [0.29, 0.717) is 65.7 Å². The third-order valence-corrected chi connectivity index (χ3v) is 7.12. The van der Waals surface area contributed by atoms with Gasteiger partial charge in [0.1, 0.15) is 11.2 Å². The van der Waals surface area contributed by atoms with Gasteiger partial charge in [0.25, 0.3) is 5.91 Å². The molecule has 2 aliphatic rings. The van der Waals surface area contributed by atoms with Crippen LogP contribution in [-0.2, 0) is 4.79 Å². The maximum Gasteiger partial charge on any atom is 0.272 e. The van der Waals surface area contributed by atoms with Gasteiger partial charge in [-0.3, -0.25) is 24.9 Å². The third-order valence-electron chi connectivity index (χ3n) is 7.12. The van der Waals surface area contributed by atoms with Crippen molar-refractivity contribution in [1.29, 1.82) is 5.26 Å². The first kappa shape index (κ1) is 26.9. The maximum atomic E-state index is 13.5. The summed E-state index contributed by atoms with van der Waals surface area (Å²) in [5.74, 6) is 0.751. The van der Waals surface area contributed by atoms with Gasteiger partial charge in [0, 0.05) is 57.6 Å². The SMILES string of the molecule is CC(=O)Nc1ccc2oc(-c3ccnc(C(=O)N4CCN(C(C5=NNN(C)N5)c5ccc(C#N)cc5)CC4)c3)nc2c1. The Morgan fingerprint density at radius 2 is 1.86 bits per heavy atom. The first-order valence-corrected chi connectivity index (χ1v) is 13.4. The zero-order chi connectivity index (χ0) is 29.2. The average molecular weight is 565 g/mol. The molecule has 0 radical (unpaired) electrons. The number of carbonyl (C=O) groups is 2. The normalized spacial score (nSPS) is 16.3. The third kappa shape index (κ3) is 5.49. The summed E-state index contributed by atoms with van der Waals surface area (Å²) in [5, 5.41) is 18.1. The van der Waals surface area contributed by atoms with Gasteiger partial charge in [0.15, 0.2) is 11.4 Å². The molecule has 2 aromatic heterocycles. The van der Waals surface area contributed by atoms with Gasteiger partial charge in [-0.1, -0.05) is 12.1 Å². The standard InChI is InChI=1S/C29H28N10O3/c1-18(40)32-22-7-8-25-23(16-22)33-28(42-25)21-9-10-31-24(15-21)29(41)39-13-11-38(12-14-39)26(27-34-36-37(2)35-27)20-5-3-19(17-30)4-6-20/h3-10,15-16,26,36H,11-14H2,1-2H3,(H,32,40)(H,34,35). The molecule has 1 saturated heterocycles. The molecule has 0 spiro atoms. The zero-order valence-electron chi connectivity index (χ0n) is 23.0. The van der Waals surface area contributed by atoms with E-state index in [9.17, 15) is 14.9 Å². The van der Waals surface area contributed by atoms with Crippen molar-refractivity contribution in [3.05, 3.63) is 77.6 Å². The number of nitriles is 1. The van der Waals surface area contributed by atoms with Gasteiger partial charge < -0.3 is 14.6 Å². The summed E-state index contributed by atoms with van der Waals surface area (Å²) in [7, 11) is 1.83. The van der Waals surface area contributed by atoms with Crippen molar-refractivity contribution in [2.24, 2.45) is 5.10 Å². The van der Waals surface area contributed by atoms with E-state index >= 15 is 0 Å². The van der Waals surface area contributed by atoms with Crippen molar-refractivity contribution in [1.82, 2.24) is 35.8 Å². The van der Waals surface area contributed by atoms with E-state index < -0.39 is 0 Å². The largest absolute Gasteiger partial charge is 0.436 e. The Kier molecular flexibility index (Phi) is 7.22. The van der Waals surface area contributed by atoms with Gasteiger partial charge in [-0.25, -0.2) is 10.5 Å². The van der Waals surface area contributed by atoms with Crippen LogP contribution in [0.1, 0.15) is 34.6 Å². The number of aromatic nitrogens is 2. The lowest BCUT2D eigenvalue weighted by atomic mass is 10.0. The quantitative estimate of drug-likeness (QED) is 0.318. The van der Waals surface area contributed by atoms with Crippen LogP contribution >= 0.6 is 0 Å². The van der Waals surface area contributed by atoms with Crippen LogP contribution in [0.3, 0.4) is 0 Å². The second-order valence-corrected chi connectivity index (χ2v) is 10.0. The predicted octanol–water partition coefficient (Wildman–Crippen LogP) is 2.49. The van der Waals surface area contributed by atoms with Crippen LogP contribution < -0.4 is 16.3 Å². The minimum absolute atomic E-state index is 0.172. The number of nitrogens with zero attached hydrogens (tertiary/aromatic N) is 7. The summed E-state index contributed by atoms with van der Waals surface area (Å²) in [6.07, 6.45) is 1.57. The van der Waals surface area contributed by atoms with Gasteiger partial charge in [0.2, 0.25) is 11.8 Å². The molecule has 1 fully saturated rings. The number of hydrogen-bond donors (Lipinski definition) is 3. The van der Waals surface area contributed by atoms with E-state index in [1.165, 1.54) is 6.92 Å². The highest BCUT2D eigenvalue weighted by Gasteiger charge is 2.33. The number of rotatable bonds is 6. The Morgan fingerprint density at radius 3 is 2.55 bits per heavy atom. The molecule has 1 atom stereocenters. The summed E-state index contributed by atoms with van der Waals surface area (Å²) >= 11 is 0. The average Bonchev–Trinajstić information content (AvgIpc) is 3.63. The van der Waals surface area contributed by atoms with E-state index in [1.807, 2.05) is 19.2 Å². The number of hydrogen-bond acceptors (Lipinski definition) is 11. The molecule has 0 aliphatic carbocycles. The molecule has 2 amide bonds. The fourth-order valence-electron chi connectivity index (χ4n) is 5.11. The lowest BCUT2D eigenvalue weighted by Crippen LogP contribution is -2.52. The molecule has 3 N–H and O–H groups in total. The zero-order valence-corrected chi connectivity index (χ0v) is 23.0. The molecule has 0 saturated carbocycles. The van der Waals surface area contributed by atoms with Crippen molar-refractivity contribution < 1.29 is 14.0 Å². The van der Waals surface area contributed by atoms with Gasteiger partial charge in [-0.2, -0.15) is 5.26 Å². The smallest absolute Gasteiger partial charge is 0.272 e. The number of carbonyl (C=O) groups excluding carboxylic acids is 2. The molecule has 1 unspecified atom stereocenters. The first-order chi connectivity index (χ1) is 20.4. The van der Waals surface area contributed by atoms with Crippen molar-refractivity contribution in [2.75, 3.05) is 38.5 Å². The Labute approximate surface area is 241 Å². The molecule has 2 aromatic carbocycles. The molecular weight excluding hydrogens is 536 g/mol. The number of oxazole rings is 1. The van der Waals surface area contributed by atoms with Gasteiger partial charge in [-0.15, -0.1) is 10.2 Å². The molecular formula is C29H28N10O3. The highest BCUT2D eigenvalue weighted by Crippen LogP contribution is 2.28. The summed E-state index contributed by atoms with van der Waals surface area (Å²) in [4.78, 5) is 37.8. The summed E-state index contributed by atoms with van der Waals surface area (Å²) in [6.45, 7) is 3.68. The van der Waals surface area contributed by atoms with E-state index in [2.05, 4.69) is 42.3 Å². The highest BCUT2D eigenvalue weighted by atomic mass is 16.3. The molecule has 0 bridgehead atoms. The van der Waals surface area contributed by atoms with E-state index in [1.54, 1.807) is 58.7 Å². The van der Waals surface area contributed by atoms with E-state index in [-0.39, 0.29) is 17.9 Å². The van der Waals surface area contributed by atoms with Gasteiger partial charge in [0.05, 0.1) is 17.7 Å². The number of anilines is 1. The fraction of sp³-hybridized carbons (Fsp3) is 0.241. The van der Waals surface area contributed by atoms with Crippen molar-refractivity contribution >= 4 is 34.4 Å². The lowest BCUT2D eigenvalue weighted by Gasteiger charge is -2.39. The van der Waals surface area contributed by atoms with Gasteiger partial charge in [-0.05, 0) is 48.0 Å². The number of nitrogens with one attached hydrogen (secondary N) is 3. The molecule has 42 heavy (non-hydrogen) atoms. The van der Waals surface area contributed by atoms with Crippen LogP contribution in [0.5, 0.6) is 0 Å². The number of fused-ring (bicyclic) bond motifs is 1. The number of piperazine rings is 1. The Bertz CT molecular complexity index is 1720. The van der Waals surface area contributed by atoms with Crippen molar-refractivity contribution in [3.63, 3.8) is 0 Å². The summed E-state index contributed by atoms with van der Waals surface area (Å²) < 4.78 is 5.92. The number of benzene rings is 2. The number of hydrazone groups is 1. The number of amidine groups is 1. The van der Waals surface area contributed by atoms with Crippen LogP contribution in [0.4, 0.5) is 5.69 Å². The molecule has 2 aliphatic heterocycles. The summed E-state index contributed by atoms with van der Waals surface area (Å²) in [5.41, 5.74) is 10.4. The van der Waals surface area contributed by atoms with Gasteiger partial charge >= 0.3 is 0 Å². The number of amides is 2. The lowest BCUT2D eigenvalue weighted by molar-refractivity contribution is -0.114. The van der Waals surface area contributed by atoms with Crippen LogP contribution in [-0.4, -0.2) is 75.8 Å². The Morgan fingerprint density at radius 1 is 1.07 bits per heavy atom. The monoisotopic (exact) mass is 564 g/mol. The minimum atomic E-state index is -0.181. The molecule has 4 aromatic rings. The second-order valence-electron chi connectivity index (χ2n) is 10.0. The molecule has 6 rings (SSSR count). The highest BCUT2D eigenvalue weighted by molar-refractivity contribution is 5.94. The predicted molar refractivity (Wildman–Crippen MR) is 154 cm³/mol. The van der Waals surface area contributed by atoms with Crippen LogP contribution in [0.25, 0.3) is 22.6 Å².